The molecule has 0 amide bonds. The molecule has 0 radical (unpaired) electrons. The molecular weight excluding hydrogens is 365 g/mol. The van der Waals surface area contributed by atoms with Crippen molar-refractivity contribution in [2.24, 2.45) is 0 Å². The maximum Gasteiger partial charge on any atom is 0.202 e. The van der Waals surface area contributed by atoms with Gasteiger partial charge in [0.25, 0.3) is 0 Å². The number of carbonyl (C=O) groups excluding carboxylic acids is 1. The molecule has 4 heteroatoms. The zero-order valence-electron chi connectivity index (χ0n) is 11.9. The van der Waals surface area contributed by atoms with Crippen molar-refractivity contribution in [3.8, 4) is 5.75 Å². The monoisotopic (exact) mass is 383 g/mol. The number of ether oxygens (including phenoxy) is 1. The highest BCUT2D eigenvalue weighted by Crippen LogP contribution is 2.18. The summed E-state index contributed by atoms with van der Waals surface area (Å²) in [4.78, 5) is 12.3. The number of benzene rings is 1. The molecule has 106 valence electrons. The summed E-state index contributed by atoms with van der Waals surface area (Å²) in [6.45, 7) is 7.04. The van der Waals surface area contributed by atoms with Gasteiger partial charge < -0.3 is 9.30 Å². The van der Waals surface area contributed by atoms with E-state index >= 15 is 0 Å². The van der Waals surface area contributed by atoms with Gasteiger partial charge in [-0.1, -0.05) is 6.07 Å². The van der Waals surface area contributed by atoms with E-state index in [1.54, 1.807) is 0 Å². The molecule has 0 atom stereocenters. The van der Waals surface area contributed by atoms with Gasteiger partial charge in [-0.3, -0.25) is 4.79 Å². The maximum atomic E-state index is 12.3. The maximum absolute atomic E-state index is 12.3. The highest BCUT2D eigenvalue weighted by molar-refractivity contribution is 14.1. The van der Waals surface area contributed by atoms with Crippen LogP contribution < -0.4 is 4.74 Å². The van der Waals surface area contributed by atoms with Crippen LogP contribution in [0.15, 0.2) is 30.3 Å². The summed E-state index contributed by atoms with van der Waals surface area (Å²) in [5.41, 5.74) is 2.89. The average molecular weight is 383 g/mol. The minimum absolute atomic E-state index is 0.0247. The molecule has 1 aromatic heterocycles. The Morgan fingerprint density at radius 1 is 1.30 bits per heavy atom. The van der Waals surface area contributed by atoms with Crippen LogP contribution in [0, 0.1) is 17.4 Å². The molecule has 3 nitrogen and oxygen atoms in total. The van der Waals surface area contributed by atoms with Crippen LogP contribution in [0.3, 0.4) is 0 Å². The lowest BCUT2D eigenvalue weighted by molar-refractivity contribution is 0.0920. The molecule has 0 spiro atoms. The molecule has 0 saturated heterocycles. The van der Waals surface area contributed by atoms with Crippen molar-refractivity contribution in [3.63, 3.8) is 0 Å². The van der Waals surface area contributed by atoms with Crippen molar-refractivity contribution in [1.29, 1.82) is 0 Å². The van der Waals surface area contributed by atoms with Gasteiger partial charge in [-0.25, -0.2) is 0 Å². The van der Waals surface area contributed by atoms with E-state index < -0.39 is 0 Å². The van der Waals surface area contributed by atoms with Crippen LogP contribution in [-0.4, -0.2) is 17.0 Å². The first-order valence-corrected chi connectivity index (χ1v) is 7.69. The highest BCUT2D eigenvalue weighted by Gasteiger charge is 2.15. The molecule has 0 unspecified atom stereocenters. The van der Waals surface area contributed by atoms with Crippen molar-refractivity contribution in [3.05, 3.63) is 50.9 Å². The third-order valence-corrected chi connectivity index (χ3v) is 4.03. The van der Waals surface area contributed by atoms with Crippen LogP contribution in [0.4, 0.5) is 0 Å². The van der Waals surface area contributed by atoms with Crippen molar-refractivity contribution in [2.75, 3.05) is 6.61 Å². The molecular formula is C16H18INO2. The van der Waals surface area contributed by atoms with Crippen LogP contribution in [0.2, 0.25) is 0 Å². The van der Waals surface area contributed by atoms with Gasteiger partial charge in [0.1, 0.15) is 5.75 Å². The van der Waals surface area contributed by atoms with E-state index in [0.29, 0.717) is 0 Å². The van der Waals surface area contributed by atoms with Crippen LogP contribution in [0.25, 0.3) is 0 Å². The zero-order valence-corrected chi connectivity index (χ0v) is 14.1. The fourth-order valence-electron chi connectivity index (χ4n) is 2.35. The van der Waals surface area contributed by atoms with Crippen LogP contribution in [0.1, 0.15) is 28.7 Å². The Kier molecular flexibility index (Phi) is 4.86. The van der Waals surface area contributed by atoms with Gasteiger partial charge in [0.05, 0.1) is 0 Å². The van der Waals surface area contributed by atoms with E-state index in [9.17, 15) is 4.79 Å². The summed E-state index contributed by atoms with van der Waals surface area (Å²) < 4.78 is 8.81. The van der Waals surface area contributed by atoms with E-state index in [0.717, 1.165) is 32.8 Å². The van der Waals surface area contributed by atoms with E-state index in [1.807, 2.05) is 44.2 Å². The molecule has 0 bridgehead atoms. The fraction of sp³-hybridized carbons (Fsp3) is 0.312. The lowest BCUT2D eigenvalue weighted by Crippen LogP contribution is -2.12. The van der Waals surface area contributed by atoms with E-state index in [-0.39, 0.29) is 12.4 Å². The van der Waals surface area contributed by atoms with Crippen molar-refractivity contribution in [1.82, 2.24) is 4.57 Å². The minimum atomic E-state index is 0.0247. The Morgan fingerprint density at radius 3 is 2.65 bits per heavy atom. The third kappa shape index (κ3) is 3.23. The first-order chi connectivity index (χ1) is 9.52. The fourth-order valence-corrected chi connectivity index (χ4v) is 2.87. The minimum Gasteiger partial charge on any atom is -0.485 e. The standard InChI is InChI=1S/C16H18INO2/c1-4-18-11(2)8-15(12(18)3)16(19)10-20-14-7-5-6-13(17)9-14/h5-9H,4,10H2,1-3H3. The van der Waals surface area contributed by atoms with Crippen molar-refractivity contribution < 1.29 is 9.53 Å². The number of halogens is 1. The second-order valence-corrected chi connectivity index (χ2v) is 5.94. The molecule has 0 saturated carbocycles. The Bertz CT molecular complexity index is 631. The molecule has 0 fully saturated rings. The normalized spacial score (nSPS) is 10.6. The smallest absolute Gasteiger partial charge is 0.202 e. The molecule has 0 aliphatic carbocycles. The van der Waals surface area contributed by atoms with Gasteiger partial charge >= 0.3 is 0 Å². The first kappa shape index (κ1) is 15.1. The summed E-state index contributed by atoms with van der Waals surface area (Å²) in [6.07, 6.45) is 0. The summed E-state index contributed by atoms with van der Waals surface area (Å²) in [7, 11) is 0. The molecule has 0 aliphatic rings. The third-order valence-electron chi connectivity index (χ3n) is 3.36. The lowest BCUT2D eigenvalue weighted by Gasteiger charge is -2.07. The lowest BCUT2D eigenvalue weighted by atomic mass is 10.1. The quantitative estimate of drug-likeness (QED) is 0.578. The first-order valence-electron chi connectivity index (χ1n) is 6.61. The van der Waals surface area contributed by atoms with Crippen molar-refractivity contribution in [2.45, 2.75) is 27.3 Å². The number of aromatic nitrogens is 1. The van der Waals surface area contributed by atoms with E-state index in [1.165, 1.54) is 0 Å². The van der Waals surface area contributed by atoms with E-state index in [2.05, 4.69) is 34.1 Å². The van der Waals surface area contributed by atoms with Gasteiger partial charge in [-0.2, -0.15) is 0 Å². The average Bonchev–Trinajstić information content (AvgIpc) is 2.71. The zero-order chi connectivity index (χ0) is 14.7. The van der Waals surface area contributed by atoms with Gasteiger partial charge in [-0.15, -0.1) is 0 Å². The van der Waals surface area contributed by atoms with Crippen LogP contribution in [-0.2, 0) is 6.54 Å². The molecule has 1 heterocycles. The number of ketones is 1. The number of carbonyl (C=O) groups is 1. The van der Waals surface area contributed by atoms with Crippen LogP contribution in [0.5, 0.6) is 5.75 Å². The predicted octanol–water partition coefficient (Wildman–Crippen LogP) is 3.99. The molecule has 2 aromatic rings. The summed E-state index contributed by atoms with van der Waals surface area (Å²) in [5, 5.41) is 0. The summed E-state index contributed by atoms with van der Waals surface area (Å²) >= 11 is 2.22. The second kappa shape index (κ2) is 6.43. The van der Waals surface area contributed by atoms with Gasteiger partial charge in [0.15, 0.2) is 6.61 Å². The number of aryl methyl sites for hydroxylation is 1. The molecule has 0 aliphatic heterocycles. The Balaban J connectivity index is 2.09. The SMILES string of the molecule is CCn1c(C)cc(C(=O)COc2cccc(I)c2)c1C. The van der Waals surface area contributed by atoms with Gasteiger partial charge in [0.2, 0.25) is 5.78 Å². The summed E-state index contributed by atoms with van der Waals surface area (Å²) in [6, 6.07) is 9.64. The molecule has 20 heavy (non-hydrogen) atoms. The number of hydrogen-bond acceptors (Lipinski definition) is 2. The Morgan fingerprint density at radius 2 is 2.05 bits per heavy atom. The largest absolute Gasteiger partial charge is 0.485 e. The van der Waals surface area contributed by atoms with Gasteiger partial charge in [0, 0.05) is 27.1 Å². The Labute approximate surface area is 133 Å². The van der Waals surface area contributed by atoms with Gasteiger partial charge in [-0.05, 0) is 67.6 Å². The second-order valence-electron chi connectivity index (χ2n) is 4.70. The molecule has 0 N–H and O–H groups in total. The van der Waals surface area contributed by atoms with Crippen molar-refractivity contribution >= 4 is 28.4 Å². The molecule has 1 aromatic carbocycles. The van der Waals surface area contributed by atoms with Crippen LogP contribution >= 0.6 is 22.6 Å². The highest BCUT2D eigenvalue weighted by atomic mass is 127. The number of nitrogens with zero attached hydrogens (tertiary/aromatic N) is 1. The topological polar surface area (TPSA) is 31.2 Å². The summed E-state index contributed by atoms with van der Waals surface area (Å²) in [5.74, 6) is 0.756. The number of hydrogen-bond donors (Lipinski definition) is 0. The number of rotatable bonds is 5. The Hall–Kier alpha value is -1.30. The van der Waals surface area contributed by atoms with E-state index in [4.69, 9.17) is 4.74 Å². The number of Topliss-reactive ketones (excluding diaryl/α,β-unsaturated/α-hetero) is 1. The molecule has 2 rings (SSSR count). The predicted molar refractivity (Wildman–Crippen MR) is 88.6 cm³/mol.